The van der Waals surface area contributed by atoms with Gasteiger partial charge in [0.1, 0.15) is 5.75 Å². The molecule has 0 fully saturated rings. The lowest BCUT2D eigenvalue weighted by atomic mass is 10.1. The van der Waals surface area contributed by atoms with Gasteiger partial charge in [0.15, 0.2) is 0 Å². The molecule has 0 bridgehead atoms. The Morgan fingerprint density at radius 2 is 2.06 bits per heavy atom. The van der Waals surface area contributed by atoms with Gasteiger partial charge >= 0.3 is 6.18 Å². The van der Waals surface area contributed by atoms with E-state index in [0.717, 1.165) is 0 Å². The van der Waals surface area contributed by atoms with Crippen LogP contribution in [0.3, 0.4) is 0 Å². The Bertz CT molecular complexity index is 395. The largest absolute Gasteiger partial charge is 0.494 e. The van der Waals surface area contributed by atoms with Gasteiger partial charge < -0.3 is 4.74 Å². The molecule has 0 heterocycles. The summed E-state index contributed by atoms with van der Waals surface area (Å²) in [6.45, 7) is 2.39. The van der Waals surface area contributed by atoms with Crippen LogP contribution in [0.4, 0.5) is 13.2 Å². The van der Waals surface area contributed by atoms with E-state index in [2.05, 4.69) is 15.9 Å². The SMILES string of the molecule is CCOc1ccc(C(Cl)CCC(F)(F)F)c(Br)c1. The predicted molar refractivity (Wildman–Crippen MR) is 69.2 cm³/mol. The number of benzene rings is 1. The van der Waals surface area contributed by atoms with Gasteiger partial charge in [-0.1, -0.05) is 22.0 Å². The maximum atomic E-state index is 12.1. The normalized spacial score (nSPS) is 13.4. The van der Waals surface area contributed by atoms with Crippen LogP contribution in [0.15, 0.2) is 22.7 Å². The Labute approximate surface area is 117 Å². The summed E-state index contributed by atoms with van der Waals surface area (Å²) in [6, 6.07) is 5.09. The molecule has 0 saturated carbocycles. The second-order valence-corrected chi connectivity index (χ2v) is 5.12. The fraction of sp³-hybridized carbons (Fsp3) is 0.500. The molecule has 18 heavy (non-hydrogen) atoms. The van der Waals surface area contributed by atoms with Crippen molar-refractivity contribution < 1.29 is 17.9 Å². The number of hydrogen-bond acceptors (Lipinski definition) is 1. The van der Waals surface area contributed by atoms with E-state index in [0.29, 0.717) is 22.4 Å². The lowest BCUT2D eigenvalue weighted by Gasteiger charge is -2.14. The molecule has 0 amide bonds. The zero-order chi connectivity index (χ0) is 13.8. The second-order valence-electron chi connectivity index (χ2n) is 3.74. The van der Waals surface area contributed by atoms with E-state index in [-0.39, 0.29) is 6.42 Å². The molecule has 1 nitrogen and oxygen atoms in total. The van der Waals surface area contributed by atoms with Crippen molar-refractivity contribution >= 4 is 27.5 Å². The van der Waals surface area contributed by atoms with Crippen molar-refractivity contribution in [3.8, 4) is 5.75 Å². The first-order chi connectivity index (χ1) is 8.33. The number of rotatable bonds is 5. The Hall–Kier alpha value is -0.420. The molecule has 1 unspecified atom stereocenters. The summed E-state index contributed by atoms with van der Waals surface area (Å²) in [7, 11) is 0. The van der Waals surface area contributed by atoms with Crippen LogP contribution in [-0.4, -0.2) is 12.8 Å². The van der Waals surface area contributed by atoms with Gasteiger partial charge in [-0.25, -0.2) is 0 Å². The molecule has 0 aliphatic carbocycles. The molecule has 102 valence electrons. The van der Waals surface area contributed by atoms with E-state index < -0.39 is 18.0 Å². The first-order valence-corrected chi connectivity index (χ1v) is 6.69. The van der Waals surface area contributed by atoms with Crippen LogP contribution < -0.4 is 4.74 Å². The third-order valence-corrected chi connectivity index (χ3v) is 3.44. The van der Waals surface area contributed by atoms with Crippen LogP contribution in [0.5, 0.6) is 5.75 Å². The van der Waals surface area contributed by atoms with Crippen molar-refractivity contribution in [2.45, 2.75) is 31.3 Å². The van der Waals surface area contributed by atoms with Crippen LogP contribution in [0.1, 0.15) is 30.7 Å². The smallest absolute Gasteiger partial charge is 0.389 e. The van der Waals surface area contributed by atoms with E-state index in [4.69, 9.17) is 16.3 Å². The molecule has 0 aromatic heterocycles. The molecule has 6 heteroatoms. The molecule has 0 spiro atoms. The molecular formula is C12H13BrClF3O. The molecule has 0 aliphatic rings. The predicted octanol–water partition coefficient (Wildman–Crippen LogP) is 5.47. The Balaban J connectivity index is 2.71. The van der Waals surface area contributed by atoms with E-state index in [1.165, 1.54) is 0 Å². The zero-order valence-electron chi connectivity index (χ0n) is 9.73. The minimum atomic E-state index is -4.18. The van der Waals surface area contributed by atoms with Gasteiger partial charge in [0.2, 0.25) is 0 Å². The van der Waals surface area contributed by atoms with Crippen LogP contribution in [0.25, 0.3) is 0 Å². The summed E-state index contributed by atoms with van der Waals surface area (Å²) in [5, 5.41) is -0.670. The van der Waals surface area contributed by atoms with Crippen molar-refractivity contribution in [2.75, 3.05) is 6.61 Å². The monoisotopic (exact) mass is 344 g/mol. The molecule has 1 aromatic rings. The maximum absolute atomic E-state index is 12.1. The number of halogens is 5. The first-order valence-electron chi connectivity index (χ1n) is 5.46. The van der Waals surface area contributed by atoms with Crippen LogP contribution in [0.2, 0.25) is 0 Å². The maximum Gasteiger partial charge on any atom is 0.389 e. The number of alkyl halides is 4. The highest BCUT2D eigenvalue weighted by molar-refractivity contribution is 9.10. The molecule has 0 aliphatic heterocycles. The Morgan fingerprint density at radius 3 is 2.56 bits per heavy atom. The van der Waals surface area contributed by atoms with E-state index in [9.17, 15) is 13.2 Å². The standard InChI is InChI=1S/C12H13BrClF3O/c1-2-18-8-3-4-9(10(13)7-8)11(14)5-6-12(15,16)17/h3-4,7,11H,2,5-6H2,1H3. The summed E-state index contributed by atoms with van der Waals surface area (Å²) >= 11 is 9.27. The van der Waals surface area contributed by atoms with Crippen molar-refractivity contribution in [1.29, 1.82) is 0 Å². The lowest BCUT2D eigenvalue weighted by Crippen LogP contribution is -2.08. The van der Waals surface area contributed by atoms with E-state index in [1.54, 1.807) is 18.2 Å². The van der Waals surface area contributed by atoms with Gasteiger partial charge in [0.25, 0.3) is 0 Å². The topological polar surface area (TPSA) is 9.23 Å². The van der Waals surface area contributed by atoms with Gasteiger partial charge in [0, 0.05) is 10.9 Å². The molecule has 1 atom stereocenters. The molecule has 0 radical (unpaired) electrons. The molecule has 1 aromatic carbocycles. The van der Waals surface area contributed by atoms with Crippen LogP contribution in [-0.2, 0) is 0 Å². The fourth-order valence-electron chi connectivity index (χ4n) is 1.46. The van der Waals surface area contributed by atoms with Gasteiger partial charge in [-0.3, -0.25) is 0 Å². The van der Waals surface area contributed by atoms with Crippen molar-refractivity contribution in [1.82, 2.24) is 0 Å². The van der Waals surface area contributed by atoms with Gasteiger partial charge in [-0.2, -0.15) is 13.2 Å². The Kier molecular flexibility index (Phi) is 5.79. The molecular weight excluding hydrogens is 332 g/mol. The average Bonchev–Trinajstić information content (AvgIpc) is 2.25. The van der Waals surface area contributed by atoms with Crippen molar-refractivity contribution in [2.24, 2.45) is 0 Å². The van der Waals surface area contributed by atoms with Gasteiger partial charge in [0.05, 0.1) is 12.0 Å². The summed E-state index contributed by atoms with van der Waals surface area (Å²) < 4.78 is 42.3. The van der Waals surface area contributed by atoms with Crippen molar-refractivity contribution in [3.05, 3.63) is 28.2 Å². The minimum absolute atomic E-state index is 0.141. The summed E-state index contributed by atoms with van der Waals surface area (Å²) in [4.78, 5) is 0. The lowest BCUT2D eigenvalue weighted by molar-refractivity contribution is -0.135. The molecule has 0 N–H and O–H groups in total. The quantitative estimate of drug-likeness (QED) is 0.643. The highest BCUT2D eigenvalue weighted by Crippen LogP contribution is 2.36. The van der Waals surface area contributed by atoms with Crippen LogP contribution in [0, 0.1) is 0 Å². The highest BCUT2D eigenvalue weighted by Gasteiger charge is 2.28. The third-order valence-electron chi connectivity index (χ3n) is 2.30. The van der Waals surface area contributed by atoms with Crippen LogP contribution >= 0.6 is 27.5 Å². The van der Waals surface area contributed by atoms with E-state index >= 15 is 0 Å². The first kappa shape index (κ1) is 15.6. The third kappa shape index (κ3) is 5.06. The number of hydrogen-bond donors (Lipinski definition) is 0. The summed E-state index contributed by atoms with van der Waals surface area (Å²) in [5.41, 5.74) is 0.643. The zero-order valence-corrected chi connectivity index (χ0v) is 12.1. The van der Waals surface area contributed by atoms with Gasteiger partial charge in [-0.05, 0) is 31.0 Å². The second kappa shape index (κ2) is 6.66. The summed E-state index contributed by atoms with van der Waals surface area (Å²) in [5.74, 6) is 0.660. The highest BCUT2D eigenvalue weighted by atomic mass is 79.9. The van der Waals surface area contributed by atoms with Gasteiger partial charge in [-0.15, -0.1) is 11.6 Å². The molecule has 0 saturated heterocycles. The average molecular weight is 346 g/mol. The minimum Gasteiger partial charge on any atom is -0.494 e. The van der Waals surface area contributed by atoms with Crippen molar-refractivity contribution in [3.63, 3.8) is 0 Å². The molecule has 1 rings (SSSR count). The fourth-order valence-corrected chi connectivity index (χ4v) is 2.53. The van der Waals surface area contributed by atoms with E-state index in [1.807, 2.05) is 6.92 Å². The number of ether oxygens (including phenoxy) is 1. The summed E-state index contributed by atoms with van der Waals surface area (Å²) in [6.07, 6.45) is -5.21. The Morgan fingerprint density at radius 1 is 1.39 bits per heavy atom.